The second kappa shape index (κ2) is 7.38. The van der Waals surface area contributed by atoms with Crippen LogP contribution in [-0.2, 0) is 18.1 Å². The number of nitrogens with zero attached hydrogens (tertiary/aromatic N) is 5. The molecule has 0 saturated carbocycles. The van der Waals surface area contributed by atoms with E-state index in [0.29, 0.717) is 3.57 Å². The Labute approximate surface area is 165 Å². The quantitative estimate of drug-likeness (QED) is 0.534. The molecule has 1 atom stereocenters. The van der Waals surface area contributed by atoms with Crippen molar-refractivity contribution in [3.63, 3.8) is 0 Å². The van der Waals surface area contributed by atoms with Crippen LogP contribution in [0.15, 0.2) is 42.9 Å². The highest BCUT2D eigenvalue weighted by Gasteiger charge is 2.57. The fraction of sp³-hybridized carbons (Fsp3) is 0.250. The fourth-order valence-corrected chi connectivity index (χ4v) is 3.02. The summed E-state index contributed by atoms with van der Waals surface area (Å²) in [6.07, 6.45) is 2.14. The van der Waals surface area contributed by atoms with Crippen molar-refractivity contribution in [2.45, 2.75) is 18.1 Å². The van der Waals surface area contributed by atoms with Crippen LogP contribution < -0.4 is 4.74 Å². The molecule has 0 saturated heterocycles. The molecule has 0 radical (unpaired) electrons. The first-order valence-electron chi connectivity index (χ1n) is 7.55. The van der Waals surface area contributed by atoms with Crippen LogP contribution in [0.1, 0.15) is 11.3 Å². The van der Waals surface area contributed by atoms with Crippen molar-refractivity contribution < 1.29 is 23.0 Å². The molecule has 1 N–H and O–H groups in total. The van der Waals surface area contributed by atoms with Crippen molar-refractivity contribution in [3.8, 4) is 5.75 Å². The van der Waals surface area contributed by atoms with Crippen molar-refractivity contribution in [2.75, 3.05) is 7.11 Å². The summed E-state index contributed by atoms with van der Waals surface area (Å²) in [6.45, 7) is -0.793. The number of alkyl halides is 2. The highest BCUT2D eigenvalue weighted by molar-refractivity contribution is 14.1. The third-order valence-electron chi connectivity index (χ3n) is 3.97. The zero-order chi connectivity index (χ0) is 19.7. The Hall–Kier alpha value is -2.28. The first-order valence-corrected chi connectivity index (χ1v) is 8.63. The van der Waals surface area contributed by atoms with Gasteiger partial charge in [-0.2, -0.15) is 8.78 Å². The smallest absolute Gasteiger partial charge is 0.323 e. The number of tetrazole rings is 1. The van der Waals surface area contributed by atoms with Gasteiger partial charge in [0.1, 0.15) is 23.6 Å². The zero-order valence-electron chi connectivity index (χ0n) is 13.9. The Morgan fingerprint density at radius 2 is 2.04 bits per heavy atom. The van der Waals surface area contributed by atoms with Crippen molar-refractivity contribution in [2.24, 2.45) is 0 Å². The van der Waals surface area contributed by atoms with E-state index in [1.165, 1.54) is 19.2 Å². The summed E-state index contributed by atoms with van der Waals surface area (Å²) >= 11 is 1.84. The SMILES string of the molecule is COc1ccc(C(F)(F)C(O)(Cn2cnnn2)c2ccc(I)cc2F)nc1. The Balaban J connectivity index is 2.15. The number of rotatable bonds is 6. The summed E-state index contributed by atoms with van der Waals surface area (Å²) in [6, 6.07) is 5.86. The number of benzene rings is 1. The second-order valence-electron chi connectivity index (χ2n) is 5.65. The lowest BCUT2D eigenvalue weighted by Crippen LogP contribution is -2.48. The fourth-order valence-electron chi connectivity index (χ4n) is 2.56. The van der Waals surface area contributed by atoms with Crippen LogP contribution in [0.3, 0.4) is 0 Å². The molecule has 3 rings (SSSR count). The monoisotopic (exact) mass is 491 g/mol. The Kier molecular flexibility index (Phi) is 5.33. The van der Waals surface area contributed by atoms with E-state index in [9.17, 15) is 9.50 Å². The molecule has 142 valence electrons. The van der Waals surface area contributed by atoms with E-state index in [1.54, 1.807) is 0 Å². The van der Waals surface area contributed by atoms with Gasteiger partial charge in [-0.25, -0.2) is 9.07 Å². The summed E-state index contributed by atoms with van der Waals surface area (Å²) < 4.78 is 51.6. The molecular weight excluding hydrogens is 478 g/mol. The van der Waals surface area contributed by atoms with Gasteiger partial charge in [0, 0.05) is 9.13 Å². The van der Waals surface area contributed by atoms with Gasteiger partial charge in [0.15, 0.2) is 5.60 Å². The molecule has 0 bridgehead atoms. The van der Waals surface area contributed by atoms with Crippen LogP contribution in [-0.4, -0.2) is 37.4 Å². The molecule has 0 spiro atoms. The molecule has 27 heavy (non-hydrogen) atoms. The molecule has 1 unspecified atom stereocenters. The number of hydrogen-bond donors (Lipinski definition) is 1. The van der Waals surface area contributed by atoms with Crippen LogP contribution in [0.4, 0.5) is 13.2 Å². The van der Waals surface area contributed by atoms with E-state index in [4.69, 9.17) is 4.74 Å². The minimum Gasteiger partial charge on any atom is -0.495 e. The largest absolute Gasteiger partial charge is 0.495 e. The number of methoxy groups -OCH3 is 1. The van der Waals surface area contributed by atoms with Crippen LogP contribution in [0, 0.1) is 9.39 Å². The molecule has 2 aromatic heterocycles. The molecule has 0 aliphatic heterocycles. The van der Waals surface area contributed by atoms with Crippen LogP contribution in [0.2, 0.25) is 0 Å². The van der Waals surface area contributed by atoms with Gasteiger partial charge in [-0.3, -0.25) is 4.98 Å². The van der Waals surface area contributed by atoms with Gasteiger partial charge in [0.05, 0.1) is 19.9 Å². The molecule has 0 aliphatic rings. The summed E-state index contributed by atoms with van der Waals surface area (Å²) in [4.78, 5) is 3.67. The summed E-state index contributed by atoms with van der Waals surface area (Å²) in [7, 11) is 1.36. The maximum atomic E-state index is 15.4. The third kappa shape index (κ3) is 3.60. The van der Waals surface area contributed by atoms with Crippen molar-refractivity contribution >= 4 is 22.6 Å². The number of ether oxygens (including phenoxy) is 1. The minimum absolute atomic E-state index is 0.263. The lowest BCUT2D eigenvalue weighted by molar-refractivity contribution is -0.207. The Morgan fingerprint density at radius 3 is 2.59 bits per heavy atom. The predicted molar refractivity (Wildman–Crippen MR) is 95.5 cm³/mol. The standard InChI is InChI=1S/C16H13F3IN5O2/c1-27-11-3-5-14(21-7-11)16(18,19)15(26,8-25-9-22-23-24-25)12-4-2-10(20)6-13(12)17/h2-7,9,26H,8H2,1H3. The highest BCUT2D eigenvalue weighted by atomic mass is 127. The molecular formula is C16H13F3IN5O2. The van der Waals surface area contributed by atoms with Crippen molar-refractivity contribution in [3.05, 3.63) is 63.5 Å². The Morgan fingerprint density at radius 1 is 1.26 bits per heavy atom. The van der Waals surface area contributed by atoms with Crippen LogP contribution in [0.25, 0.3) is 0 Å². The first-order chi connectivity index (χ1) is 12.8. The van der Waals surface area contributed by atoms with Gasteiger partial charge in [-0.05, 0) is 57.3 Å². The van der Waals surface area contributed by atoms with E-state index in [2.05, 4.69) is 20.5 Å². The van der Waals surface area contributed by atoms with Gasteiger partial charge < -0.3 is 9.84 Å². The molecule has 11 heteroatoms. The lowest BCUT2D eigenvalue weighted by atomic mass is 9.84. The highest BCUT2D eigenvalue weighted by Crippen LogP contribution is 2.46. The number of hydrogen-bond acceptors (Lipinski definition) is 6. The van der Waals surface area contributed by atoms with Gasteiger partial charge in [-0.15, -0.1) is 5.10 Å². The minimum atomic E-state index is -3.97. The normalized spacial score (nSPS) is 14.0. The van der Waals surface area contributed by atoms with E-state index >= 15 is 8.78 Å². The third-order valence-corrected chi connectivity index (χ3v) is 4.64. The number of aromatic nitrogens is 5. The first kappa shape index (κ1) is 19.5. The molecule has 0 amide bonds. The van der Waals surface area contributed by atoms with Gasteiger partial charge >= 0.3 is 5.92 Å². The van der Waals surface area contributed by atoms with Crippen LogP contribution in [0.5, 0.6) is 5.75 Å². The molecule has 0 aliphatic carbocycles. The predicted octanol–water partition coefficient (Wildman–Crippen LogP) is 2.50. The van der Waals surface area contributed by atoms with Gasteiger partial charge in [-0.1, -0.05) is 6.07 Å². The van der Waals surface area contributed by atoms with Crippen molar-refractivity contribution in [1.82, 2.24) is 25.2 Å². The molecule has 7 nitrogen and oxygen atoms in total. The van der Waals surface area contributed by atoms with E-state index in [-0.39, 0.29) is 5.75 Å². The summed E-state index contributed by atoms with van der Waals surface area (Å²) in [5, 5.41) is 21.3. The average Bonchev–Trinajstić information content (AvgIpc) is 3.14. The van der Waals surface area contributed by atoms with E-state index < -0.39 is 35.1 Å². The maximum absolute atomic E-state index is 15.4. The molecule has 2 heterocycles. The summed E-state index contributed by atoms with van der Waals surface area (Å²) in [5.41, 5.74) is -4.35. The number of aliphatic hydroxyl groups is 1. The topological polar surface area (TPSA) is 86.0 Å². The molecule has 3 aromatic rings. The number of pyridine rings is 1. The van der Waals surface area contributed by atoms with Crippen molar-refractivity contribution in [1.29, 1.82) is 0 Å². The zero-order valence-corrected chi connectivity index (χ0v) is 16.0. The molecule has 1 aromatic carbocycles. The van der Waals surface area contributed by atoms with E-state index in [1.807, 2.05) is 22.6 Å². The second-order valence-corrected chi connectivity index (χ2v) is 6.90. The van der Waals surface area contributed by atoms with Crippen LogP contribution >= 0.6 is 22.6 Å². The summed E-state index contributed by atoms with van der Waals surface area (Å²) in [5.74, 6) is -4.69. The Bertz CT molecular complexity index is 924. The number of halogens is 4. The molecule has 0 fully saturated rings. The lowest BCUT2D eigenvalue weighted by Gasteiger charge is -2.35. The maximum Gasteiger partial charge on any atom is 0.323 e. The van der Waals surface area contributed by atoms with Gasteiger partial charge in [0.2, 0.25) is 0 Å². The van der Waals surface area contributed by atoms with Gasteiger partial charge in [0.25, 0.3) is 0 Å². The average molecular weight is 491 g/mol. The van der Waals surface area contributed by atoms with E-state index in [0.717, 1.165) is 35.4 Å².